The van der Waals surface area contributed by atoms with Gasteiger partial charge in [-0.2, -0.15) is 5.10 Å². The number of likely N-dealkylation sites (tertiary alicyclic amines) is 1. The van der Waals surface area contributed by atoms with E-state index in [1.165, 1.54) is 19.4 Å². The number of aliphatic imine (C=N–C) groups is 1. The van der Waals surface area contributed by atoms with Crippen molar-refractivity contribution in [2.75, 3.05) is 26.2 Å². The zero-order chi connectivity index (χ0) is 20.1. The average molecular weight is 400 g/mol. The molecule has 2 aliphatic heterocycles. The summed E-state index contributed by atoms with van der Waals surface area (Å²) >= 11 is 0. The summed E-state index contributed by atoms with van der Waals surface area (Å²) in [4.78, 5) is 12.1. The number of likely N-dealkylation sites (N-methyl/N-ethyl adjacent to an activating group) is 1. The first-order valence-electron chi connectivity index (χ1n) is 11.0. The van der Waals surface area contributed by atoms with Gasteiger partial charge in [0.2, 0.25) is 0 Å². The molecule has 2 N–H and O–H groups in total. The van der Waals surface area contributed by atoms with Crippen molar-refractivity contribution in [1.29, 1.82) is 0 Å². The zero-order valence-corrected chi connectivity index (χ0v) is 17.6. The number of guanidine groups is 1. The van der Waals surface area contributed by atoms with E-state index in [4.69, 9.17) is 9.41 Å². The number of furan rings is 1. The lowest BCUT2D eigenvalue weighted by Crippen LogP contribution is -2.43. The summed E-state index contributed by atoms with van der Waals surface area (Å²) in [6.45, 7) is 9.03. The summed E-state index contributed by atoms with van der Waals surface area (Å²) < 4.78 is 7.49. The lowest BCUT2D eigenvalue weighted by atomic mass is 10.1. The van der Waals surface area contributed by atoms with E-state index in [1.54, 1.807) is 6.26 Å². The van der Waals surface area contributed by atoms with Crippen LogP contribution in [0.2, 0.25) is 0 Å². The van der Waals surface area contributed by atoms with E-state index >= 15 is 0 Å². The minimum atomic E-state index is 0.144. The summed E-state index contributed by atoms with van der Waals surface area (Å²) in [5.74, 6) is 3.70. The van der Waals surface area contributed by atoms with Crippen LogP contribution >= 0.6 is 0 Å². The van der Waals surface area contributed by atoms with E-state index in [0.717, 1.165) is 68.8 Å². The Labute approximate surface area is 172 Å². The van der Waals surface area contributed by atoms with Crippen molar-refractivity contribution in [2.45, 2.75) is 64.6 Å². The second-order valence-corrected chi connectivity index (χ2v) is 7.95. The molecule has 2 aromatic heterocycles. The SMILES string of the molecule is CCN1CCCC1CN=C(NCCc1ccco1)NC1CCCn2nc(C)nc21. The van der Waals surface area contributed by atoms with Crippen LogP contribution in [0.15, 0.2) is 27.8 Å². The molecule has 4 heterocycles. The van der Waals surface area contributed by atoms with Crippen molar-refractivity contribution in [3.05, 3.63) is 35.8 Å². The van der Waals surface area contributed by atoms with Gasteiger partial charge in [0.15, 0.2) is 5.96 Å². The fourth-order valence-corrected chi connectivity index (χ4v) is 4.40. The van der Waals surface area contributed by atoms with Crippen LogP contribution in [-0.4, -0.2) is 57.8 Å². The van der Waals surface area contributed by atoms with Crippen LogP contribution in [0.5, 0.6) is 0 Å². The minimum absolute atomic E-state index is 0.144. The predicted molar refractivity (Wildman–Crippen MR) is 113 cm³/mol. The molecule has 2 aliphatic rings. The molecule has 0 amide bonds. The molecule has 2 aromatic rings. The fraction of sp³-hybridized carbons (Fsp3) is 0.667. The lowest BCUT2D eigenvalue weighted by Gasteiger charge is -2.26. The third-order valence-corrected chi connectivity index (χ3v) is 5.90. The van der Waals surface area contributed by atoms with Gasteiger partial charge in [0, 0.05) is 25.6 Å². The monoisotopic (exact) mass is 399 g/mol. The molecule has 0 saturated carbocycles. The maximum atomic E-state index is 5.46. The van der Waals surface area contributed by atoms with Crippen molar-refractivity contribution in [3.8, 4) is 0 Å². The highest BCUT2D eigenvalue weighted by Gasteiger charge is 2.26. The van der Waals surface area contributed by atoms with Crippen molar-refractivity contribution in [1.82, 2.24) is 30.3 Å². The first-order valence-corrected chi connectivity index (χ1v) is 11.0. The van der Waals surface area contributed by atoms with Crippen molar-refractivity contribution >= 4 is 5.96 Å². The average Bonchev–Trinajstić information content (AvgIpc) is 3.46. The second kappa shape index (κ2) is 9.43. The zero-order valence-electron chi connectivity index (χ0n) is 17.6. The summed E-state index contributed by atoms with van der Waals surface area (Å²) in [5.41, 5.74) is 0. The molecule has 1 fully saturated rings. The Kier molecular flexibility index (Phi) is 6.49. The van der Waals surface area contributed by atoms with Crippen LogP contribution in [0, 0.1) is 6.92 Å². The van der Waals surface area contributed by atoms with Gasteiger partial charge in [0.05, 0.1) is 18.8 Å². The Hall–Kier alpha value is -2.35. The number of fused-ring (bicyclic) bond motifs is 1. The van der Waals surface area contributed by atoms with Gasteiger partial charge < -0.3 is 15.1 Å². The maximum Gasteiger partial charge on any atom is 0.191 e. The number of aryl methyl sites for hydroxylation is 2. The second-order valence-electron chi connectivity index (χ2n) is 7.95. The van der Waals surface area contributed by atoms with Gasteiger partial charge in [0.1, 0.15) is 17.4 Å². The summed E-state index contributed by atoms with van der Waals surface area (Å²) in [7, 11) is 0. The molecular weight excluding hydrogens is 366 g/mol. The maximum absolute atomic E-state index is 5.46. The number of rotatable bonds is 7. The van der Waals surface area contributed by atoms with E-state index in [1.807, 2.05) is 23.7 Å². The standard InChI is InChI=1S/C21H33N7O/c1-3-27-12-4-7-17(27)15-23-21(22-11-10-18-8-6-14-29-18)25-19-9-5-13-28-20(19)24-16(2)26-28/h6,8,14,17,19H,3-5,7,9-13,15H2,1-2H3,(H2,22,23,25). The molecule has 0 aromatic carbocycles. The Bertz CT molecular complexity index is 798. The molecule has 0 bridgehead atoms. The van der Waals surface area contributed by atoms with Crippen LogP contribution in [0.3, 0.4) is 0 Å². The van der Waals surface area contributed by atoms with Crippen LogP contribution in [0.4, 0.5) is 0 Å². The number of nitrogens with zero attached hydrogens (tertiary/aromatic N) is 5. The Morgan fingerprint density at radius 1 is 1.31 bits per heavy atom. The van der Waals surface area contributed by atoms with Gasteiger partial charge in [-0.15, -0.1) is 0 Å². The number of aromatic nitrogens is 3. The fourth-order valence-electron chi connectivity index (χ4n) is 4.40. The van der Waals surface area contributed by atoms with E-state index < -0.39 is 0 Å². The van der Waals surface area contributed by atoms with Crippen LogP contribution in [0.1, 0.15) is 56.1 Å². The largest absolute Gasteiger partial charge is 0.469 e. The van der Waals surface area contributed by atoms with Gasteiger partial charge in [0.25, 0.3) is 0 Å². The Morgan fingerprint density at radius 3 is 3.03 bits per heavy atom. The molecule has 0 radical (unpaired) electrons. The van der Waals surface area contributed by atoms with Gasteiger partial charge >= 0.3 is 0 Å². The smallest absolute Gasteiger partial charge is 0.191 e. The van der Waals surface area contributed by atoms with Crippen LogP contribution in [-0.2, 0) is 13.0 Å². The minimum Gasteiger partial charge on any atom is -0.469 e. The van der Waals surface area contributed by atoms with Crippen molar-refractivity contribution < 1.29 is 4.42 Å². The summed E-state index contributed by atoms with van der Waals surface area (Å²) in [5, 5.41) is 11.7. The molecule has 0 spiro atoms. The number of hydrogen-bond acceptors (Lipinski definition) is 5. The van der Waals surface area contributed by atoms with Crippen LogP contribution in [0.25, 0.3) is 0 Å². The molecular formula is C21H33N7O. The number of hydrogen-bond donors (Lipinski definition) is 2. The topological polar surface area (TPSA) is 83.5 Å². The lowest BCUT2D eigenvalue weighted by molar-refractivity contribution is 0.272. The molecule has 4 rings (SSSR count). The third kappa shape index (κ3) is 4.98. The Balaban J connectivity index is 1.43. The molecule has 8 heteroatoms. The first kappa shape index (κ1) is 19.9. The predicted octanol–water partition coefficient (Wildman–Crippen LogP) is 2.28. The van der Waals surface area contributed by atoms with Gasteiger partial charge in [-0.25, -0.2) is 9.67 Å². The van der Waals surface area contributed by atoms with Gasteiger partial charge in [-0.1, -0.05) is 6.92 Å². The normalized spacial score (nSPS) is 22.6. The number of nitrogens with one attached hydrogen (secondary N) is 2. The highest BCUT2D eigenvalue weighted by atomic mass is 16.3. The van der Waals surface area contributed by atoms with E-state index in [-0.39, 0.29) is 6.04 Å². The van der Waals surface area contributed by atoms with Crippen molar-refractivity contribution in [3.63, 3.8) is 0 Å². The molecule has 1 saturated heterocycles. The molecule has 29 heavy (non-hydrogen) atoms. The molecule has 2 unspecified atom stereocenters. The van der Waals surface area contributed by atoms with E-state index in [9.17, 15) is 0 Å². The highest BCUT2D eigenvalue weighted by molar-refractivity contribution is 5.80. The van der Waals surface area contributed by atoms with Gasteiger partial charge in [-0.3, -0.25) is 9.89 Å². The first-order chi connectivity index (χ1) is 14.2. The van der Waals surface area contributed by atoms with Gasteiger partial charge in [-0.05, 0) is 57.8 Å². The molecule has 8 nitrogen and oxygen atoms in total. The summed E-state index contributed by atoms with van der Waals surface area (Å²) in [6.07, 6.45) is 7.19. The molecule has 158 valence electrons. The molecule has 0 aliphatic carbocycles. The quantitative estimate of drug-likeness (QED) is 0.549. The van der Waals surface area contributed by atoms with Crippen LogP contribution < -0.4 is 10.6 Å². The molecule has 2 atom stereocenters. The van der Waals surface area contributed by atoms with E-state index in [2.05, 4.69) is 32.5 Å². The van der Waals surface area contributed by atoms with E-state index in [0.29, 0.717) is 6.04 Å². The third-order valence-electron chi connectivity index (χ3n) is 5.90. The summed E-state index contributed by atoms with van der Waals surface area (Å²) in [6, 6.07) is 4.63. The Morgan fingerprint density at radius 2 is 2.21 bits per heavy atom. The highest BCUT2D eigenvalue weighted by Crippen LogP contribution is 2.23. The van der Waals surface area contributed by atoms with Crippen molar-refractivity contribution in [2.24, 2.45) is 4.99 Å².